The van der Waals surface area contributed by atoms with Crippen molar-refractivity contribution in [3.05, 3.63) is 11.3 Å². The molecule has 1 unspecified atom stereocenters. The van der Waals surface area contributed by atoms with Crippen molar-refractivity contribution in [2.24, 2.45) is 0 Å². The molecule has 1 fully saturated rings. The molecule has 2 heterocycles. The van der Waals surface area contributed by atoms with Crippen molar-refractivity contribution in [2.45, 2.75) is 37.9 Å². The topological polar surface area (TPSA) is 89.5 Å². The van der Waals surface area contributed by atoms with Crippen LogP contribution in [0.3, 0.4) is 0 Å². The third-order valence-electron chi connectivity index (χ3n) is 3.73. The Morgan fingerprint density at radius 2 is 2.15 bits per heavy atom. The van der Waals surface area contributed by atoms with Gasteiger partial charge in [-0.3, -0.25) is 5.10 Å². The van der Waals surface area contributed by atoms with Crippen LogP contribution in [0.25, 0.3) is 0 Å². The minimum Gasteiger partial charge on any atom is -0.392 e. The molecule has 114 valence electrons. The highest BCUT2D eigenvalue weighted by atomic mass is 32.2. The Labute approximate surface area is 119 Å². The van der Waals surface area contributed by atoms with Crippen LogP contribution in [0.4, 0.5) is 0 Å². The van der Waals surface area contributed by atoms with Crippen LogP contribution < -0.4 is 0 Å². The molecule has 8 heteroatoms. The highest BCUT2D eigenvalue weighted by molar-refractivity contribution is 7.89. The summed E-state index contributed by atoms with van der Waals surface area (Å²) in [5, 5.41) is 15.9. The molecule has 0 saturated carbocycles. The Bertz CT molecular complexity index is 569. The average Bonchev–Trinajstić information content (AvgIpc) is 2.66. The van der Waals surface area contributed by atoms with Crippen LogP contribution in [0, 0.1) is 6.92 Å². The molecule has 1 aliphatic rings. The van der Waals surface area contributed by atoms with E-state index in [4.69, 9.17) is 0 Å². The quantitative estimate of drug-likeness (QED) is 0.815. The number of hydrogen-bond acceptors (Lipinski definition) is 5. The van der Waals surface area contributed by atoms with Gasteiger partial charge in [0.2, 0.25) is 0 Å². The van der Waals surface area contributed by atoms with Crippen molar-refractivity contribution in [1.29, 1.82) is 0 Å². The number of H-pyrrole nitrogens is 1. The lowest BCUT2D eigenvalue weighted by atomic mass is 10.3. The monoisotopic (exact) mass is 302 g/mol. The molecule has 0 spiro atoms. The Morgan fingerprint density at radius 3 is 2.80 bits per heavy atom. The summed E-state index contributed by atoms with van der Waals surface area (Å²) in [6.45, 7) is 5.32. The maximum atomic E-state index is 12.8. The molecule has 7 nitrogen and oxygen atoms in total. The number of aliphatic hydroxyl groups excluding tert-OH is 1. The normalized spacial score (nSPS) is 22.9. The molecule has 0 radical (unpaired) electrons. The first-order chi connectivity index (χ1) is 9.37. The number of sulfonamides is 1. The first-order valence-electron chi connectivity index (χ1n) is 6.73. The predicted octanol–water partition coefficient (Wildman–Crippen LogP) is -0.0749. The van der Waals surface area contributed by atoms with Gasteiger partial charge in [0.15, 0.2) is 5.03 Å². The van der Waals surface area contributed by atoms with Crippen LogP contribution >= 0.6 is 0 Å². The zero-order chi connectivity index (χ0) is 14.9. The summed E-state index contributed by atoms with van der Waals surface area (Å²) < 4.78 is 27.0. The van der Waals surface area contributed by atoms with Crippen LogP contribution in [0.2, 0.25) is 0 Å². The van der Waals surface area contributed by atoms with E-state index in [2.05, 4.69) is 15.1 Å². The summed E-state index contributed by atoms with van der Waals surface area (Å²) in [4.78, 5) is 2.13. The van der Waals surface area contributed by atoms with E-state index < -0.39 is 10.0 Å². The van der Waals surface area contributed by atoms with Crippen LogP contribution in [-0.2, 0) is 16.6 Å². The Hall–Kier alpha value is -0.960. The van der Waals surface area contributed by atoms with Gasteiger partial charge < -0.3 is 10.0 Å². The van der Waals surface area contributed by atoms with E-state index in [-0.39, 0.29) is 17.7 Å². The molecule has 0 bridgehead atoms. The first kappa shape index (κ1) is 15.4. The fourth-order valence-electron chi connectivity index (χ4n) is 2.65. The molecule has 1 atom stereocenters. The van der Waals surface area contributed by atoms with Gasteiger partial charge in [-0.05, 0) is 33.9 Å². The summed E-state index contributed by atoms with van der Waals surface area (Å²) >= 11 is 0. The predicted molar refractivity (Wildman–Crippen MR) is 74.7 cm³/mol. The smallest absolute Gasteiger partial charge is 0.263 e. The van der Waals surface area contributed by atoms with Gasteiger partial charge in [-0.25, -0.2) is 8.42 Å². The number of rotatable bonds is 3. The zero-order valence-corrected chi connectivity index (χ0v) is 12.9. The third-order valence-corrected chi connectivity index (χ3v) is 5.72. The SMILES string of the molecule is Cc1[nH]nc(S(=O)(=O)N2CCCN(C)CC2C)c1CO. The second kappa shape index (κ2) is 5.80. The molecule has 2 N–H and O–H groups in total. The zero-order valence-electron chi connectivity index (χ0n) is 12.1. The Morgan fingerprint density at radius 1 is 1.45 bits per heavy atom. The fourth-order valence-corrected chi connectivity index (χ4v) is 4.47. The van der Waals surface area contributed by atoms with Crippen molar-refractivity contribution in [3.63, 3.8) is 0 Å². The maximum absolute atomic E-state index is 12.8. The third kappa shape index (κ3) is 2.73. The summed E-state index contributed by atoms with van der Waals surface area (Å²) in [6, 6.07) is -0.115. The van der Waals surface area contributed by atoms with Gasteiger partial charge in [-0.15, -0.1) is 0 Å². The summed E-state index contributed by atoms with van der Waals surface area (Å²) in [5.41, 5.74) is 0.945. The number of hydrogen-bond donors (Lipinski definition) is 2. The largest absolute Gasteiger partial charge is 0.392 e. The molecular formula is C12H22N4O3S. The molecule has 1 aromatic heterocycles. The van der Waals surface area contributed by atoms with Crippen LogP contribution in [0.5, 0.6) is 0 Å². The molecule has 0 amide bonds. The van der Waals surface area contributed by atoms with E-state index in [0.717, 1.165) is 13.0 Å². The van der Waals surface area contributed by atoms with E-state index >= 15 is 0 Å². The minimum atomic E-state index is -3.68. The van der Waals surface area contributed by atoms with Gasteiger partial charge in [0.25, 0.3) is 10.0 Å². The second-order valence-corrected chi connectivity index (χ2v) is 7.18. The van der Waals surface area contributed by atoms with Gasteiger partial charge in [0.05, 0.1) is 6.61 Å². The molecular weight excluding hydrogens is 280 g/mol. The van der Waals surface area contributed by atoms with Crippen molar-refractivity contribution in [2.75, 3.05) is 26.7 Å². The van der Waals surface area contributed by atoms with E-state index in [1.165, 1.54) is 4.31 Å². The van der Waals surface area contributed by atoms with E-state index in [9.17, 15) is 13.5 Å². The summed E-state index contributed by atoms with van der Waals surface area (Å²) in [7, 11) is -1.69. The van der Waals surface area contributed by atoms with Crippen LogP contribution in [-0.4, -0.2) is 65.7 Å². The molecule has 2 rings (SSSR count). The van der Waals surface area contributed by atoms with Crippen LogP contribution in [0.15, 0.2) is 5.03 Å². The highest BCUT2D eigenvalue weighted by Gasteiger charge is 2.34. The highest BCUT2D eigenvalue weighted by Crippen LogP contribution is 2.23. The lowest BCUT2D eigenvalue weighted by molar-refractivity contribution is 0.274. The Kier molecular flexibility index (Phi) is 4.48. The fraction of sp³-hybridized carbons (Fsp3) is 0.750. The summed E-state index contributed by atoms with van der Waals surface area (Å²) in [6.07, 6.45) is 0.790. The van der Waals surface area contributed by atoms with E-state index in [0.29, 0.717) is 24.3 Å². The van der Waals surface area contributed by atoms with Gasteiger partial charge >= 0.3 is 0 Å². The number of nitrogens with one attached hydrogen (secondary N) is 1. The van der Waals surface area contributed by atoms with Gasteiger partial charge in [0.1, 0.15) is 0 Å². The second-order valence-electron chi connectivity index (χ2n) is 5.37. The number of aryl methyl sites for hydroxylation is 1. The standard InChI is InChI=1S/C12H22N4O3S/c1-9-7-15(3)5-4-6-16(9)20(18,19)12-11(8-17)10(2)13-14-12/h9,17H,4-8H2,1-3H3,(H,13,14). The lowest BCUT2D eigenvalue weighted by Gasteiger charge is -2.26. The van der Waals surface area contributed by atoms with Gasteiger partial charge in [-0.1, -0.05) is 0 Å². The molecule has 1 saturated heterocycles. The molecule has 0 aliphatic carbocycles. The maximum Gasteiger partial charge on any atom is 0.263 e. The van der Waals surface area contributed by atoms with Crippen molar-refractivity contribution < 1.29 is 13.5 Å². The number of aromatic nitrogens is 2. The summed E-state index contributed by atoms with van der Waals surface area (Å²) in [5.74, 6) is 0. The molecule has 20 heavy (non-hydrogen) atoms. The molecule has 1 aromatic rings. The van der Waals surface area contributed by atoms with E-state index in [1.54, 1.807) is 6.92 Å². The van der Waals surface area contributed by atoms with Gasteiger partial charge in [0, 0.05) is 30.4 Å². The molecule has 0 aromatic carbocycles. The minimum absolute atomic E-state index is 0.0473. The lowest BCUT2D eigenvalue weighted by Crippen LogP contribution is -2.42. The van der Waals surface area contributed by atoms with Crippen molar-refractivity contribution in [3.8, 4) is 0 Å². The van der Waals surface area contributed by atoms with Crippen molar-refractivity contribution >= 4 is 10.0 Å². The van der Waals surface area contributed by atoms with Crippen molar-refractivity contribution in [1.82, 2.24) is 19.4 Å². The average molecular weight is 302 g/mol. The first-order valence-corrected chi connectivity index (χ1v) is 8.17. The molecule has 1 aliphatic heterocycles. The number of nitrogens with zero attached hydrogens (tertiary/aromatic N) is 3. The van der Waals surface area contributed by atoms with Gasteiger partial charge in [-0.2, -0.15) is 9.40 Å². The number of aliphatic hydroxyl groups is 1. The Balaban J connectivity index is 2.38. The number of likely N-dealkylation sites (N-methyl/N-ethyl adjacent to an activating group) is 1. The van der Waals surface area contributed by atoms with Crippen LogP contribution in [0.1, 0.15) is 24.6 Å². The number of aromatic amines is 1. The van der Waals surface area contributed by atoms with E-state index in [1.807, 2.05) is 14.0 Å².